The lowest BCUT2D eigenvalue weighted by Crippen LogP contribution is -2.15. The zero-order chi connectivity index (χ0) is 14.9. The van der Waals surface area contributed by atoms with Crippen LogP contribution in [0.4, 0.5) is 5.69 Å². The van der Waals surface area contributed by atoms with E-state index in [1.807, 2.05) is 36.5 Å². The van der Waals surface area contributed by atoms with Gasteiger partial charge in [0.25, 0.3) is 0 Å². The first kappa shape index (κ1) is 15.2. The van der Waals surface area contributed by atoms with Gasteiger partial charge < -0.3 is 10.6 Å². The van der Waals surface area contributed by atoms with Crippen LogP contribution in [0.1, 0.15) is 25.5 Å². The molecule has 1 aromatic heterocycles. The monoisotopic (exact) mass is 287 g/mol. The number of aromatic nitrogens is 3. The van der Waals surface area contributed by atoms with Crippen LogP contribution >= 0.6 is 0 Å². The van der Waals surface area contributed by atoms with Crippen molar-refractivity contribution in [3.05, 3.63) is 42.2 Å². The summed E-state index contributed by atoms with van der Waals surface area (Å²) in [6.07, 6.45) is 3.34. The van der Waals surface area contributed by atoms with Gasteiger partial charge in [0.1, 0.15) is 0 Å². The van der Waals surface area contributed by atoms with Gasteiger partial charge in [0, 0.05) is 24.8 Å². The van der Waals surface area contributed by atoms with Gasteiger partial charge in [0.15, 0.2) is 0 Å². The van der Waals surface area contributed by atoms with Crippen molar-refractivity contribution in [1.29, 1.82) is 0 Å². The molecular weight excluding hydrogens is 266 g/mol. The number of hydrogen-bond donors (Lipinski definition) is 2. The van der Waals surface area contributed by atoms with Crippen LogP contribution in [-0.4, -0.2) is 27.4 Å². The second-order valence-electron chi connectivity index (χ2n) is 4.81. The largest absolute Gasteiger partial charge is 0.326 e. The summed E-state index contributed by atoms with van der Waals surface area (Å²) in [5.41, 5.74) is 1.71. The van der Waals surface area contributed by atoms with Crippen LogP contribution in [0.25, 0.3) is 0 Å². The number of nitrogens with zero attached hydrogens (tertiary/aromatic N) is 3. The first-order valence-electron chi connectivity index (χ1n) is 7.22. The molecule has 2 aromatic rings. The second kappa shape index (κ2) is 8.16. The third-order valence-corrected chi connectivity index (χ3v) is 2.94. The minimum Gasteiger partial charge on any atom is -0.326 e. The molecule has 2 N–H and O–H groups in total. The fourth-order valence-electron chi connectivity index (χ4n) is 1.88. The first-order valence-corrected chi connectivity index (χ1v) is 7.22. The number of anilines is 1. The van der Waals surface area contributed by atoms with Gasteiger partial charge in [-0.2, -0.15) is 0 Å². The number of aryl methyl sites for hydroxylation is 1. The van der Waals surface area contributed by atoms with Crippen LogP contribution in [0, 0.1) is 0 Å². The summed E-state index contributed by atoms with van der Waals surface area (Å²) < 4.78 is 1.70. The van der Waals surface area contributed by atoms with E-state index in [1.165, 1.54) is 0 Å². The molecule has 0 aliphatic heterocycles. The summed E-state index contributed by atoms with van der Waals surface area (Å²) >= 11 is 0. The lowest BCUT2D eigenvalue weighted by Gasteiger charge is -2.04. The van der Waals surface area contributed by atoms with Crippen molar-refractivity contribution in [2.45, 2.75) is 32.9 Å². The average Bonchev–Trinajstić information content (AvgIpc) is 2.94. The maximum atomic E-state index is 11.8. The number of para-hydroxylation sites is 1. The van der Waals surface area contributed by atoms with Crippen molar-refractivity contribution in [2.75, 3.05) is 11.9 Å². The maximum absolute atomic E-state index is 11.8. The van der Waals surface area contributed by atoms with Crippen LogP contribution in [0.2, 0.25) is 0 Å². The Balaban J connectivity index is 1.74. The number of carbonyl (C=O) groups is 1. The quantitative estimate of drug-likeness (QED) is 0.726. The molecule has 0 aliphatic carbocycles. The highest BCUT2D eigenvalue weighted by Gasteiger charge is 2.05. The maximum Gasteiger partial charge on any atom is 0.226 e. The third kappa shape index (κ3) is 5.35. The molecule has 0 saturated carbocycles. The Morgan fingerprint density at radius 2 is 2.10 bits per heavy atom. The van der Waals surface area contributed by atoms with Crippen molar-refractivity contribution in [1.82, 2.24) is 20.3 Å². The van der Waals surface area contributed by atoms with E-state index in [2.05, 4.69) is 27.9 Å². The molecule has 0 aliphatic rings. The Morgan fingerprint density at radius 3 is 2.86 bits per heavy atom. The van der Waals surface area contributed by atoms with Gasteiger partial charge in [0.05, 0.1) is 12.2 Å². The van der Waals surface area contributed by atoms with E-state index in [9.17, 15) is 4.79 Å². The van der Waals surface area contributed by atoms with Gasteiger partial charge in [-0.1, -0.05) is 30.3 Å². The number of carbonyl (C=O) groups excluding carboxylic acids is 1. The predicted molar refractivity (Wildman–Crippen MR) is 81.7 cm³/mol. The molecule has 0 saturated heterocycles. The molecule has 0 bridgehead atoms. The highest BCUT2D eigenvalue weighted by atomic mass is 16.1. The van der Waals surface area contributed by atoms with Crippen LogP contribution in [0.3, 0.4) is 0 Å². The predicted octanol–water partition coefficient (Wildman–Crippen LogP) is 1.81. The van der Waals surface area contributed by atoms with E-state index < -0.39 is 0 Å². The highest BCUT2D eigenvalue weighted by Crippen LogP contribution is 2.05. The van der Waals surface area contributed by atoms with Crippen molar-refractivity contribution in [3.8, 4) is 0 Å². The Bertz CT molecular complexity index is 552. The van der Waals surface area contributed by atoms with E-state index in [0.717, 1.165) is 24.3 Å². The molecular formula is C15H21N5O. The molecule has 0 spiro atoms. The summed E-state index contributed by atoms with van der Waals surface area (Å²) in [7, 11) is 0. The second-order valence-corrected chi connectivity index (χ2v) is 4.81. The van der Waals surface area contributed by atoms with Crippen molar-refractivity contribution in [2.24, 2.45) is 0 Å². The van der Waals surface area contributed by atoms with E-state index in [1.54, 1.807) is 4.68 Å². The van der Waals surface area contributed by atoms with E-state index >= 15 is 0 Å². The molecule has 0 atom stereocenters. The highest BCUT2D eigenvalue weighted by molar-refractivity contribution is 5.90. The zero-order valence-corrected chi connectivity index (χ0v) is 12.2. The first-order chi connectivity index (χ1) is 10.3. The number of benzene rings is 1. The van der Waals surface area contributed by atoms with Crippen molar-refractivity contribution >= 4 is 11.6 Å². The molecule has 6 nitrogen and oxygen atoms in total. The summed E-state index contributed by atoms with van der Waals surface area (Å²) in [5, 5.41) is 14.2. The van der Waals surface area contributed by atoms with Gasteiger partial charge in [0.2, 0.25) is 5.91 Å². The van der Waals surface area contributed by atoms with Crippen LogP contribution < -0.4 is 10.6 Å². The van der Waals surface area contributed by atoms with E-state index in [0.29, 0.717) is 19.5 Å². The summed E-state index contributed by atoms with van der Waals surface area (Å²) in [6, 6.07) is 9.43. The summed E-state index contributed by atoms with van der Waals surface area (Å²) in [6.45, 7) is 4.32. The molecule has 0 fully saturated rings. The Hall–Kier alpha value is -2.21. The molecule has 2 rings (SSSR count). The topological polar surface area (TPSA) is 71.8 Å². The van der Waals surface area contributed by atoms with Gasteiger partial charge in [-0.25, -0.2) is 0 Å². The van der Waals surface area contributed by atoms with Crippen LogP contribution in [-0.2, 0) is 17.9 Å². The van der Waals surface area contributed by atoms with E-state index in [4.69, 9.17) is 0 Å². The minimum absolute atomic E-state index is 0.0256. The third-order valence-electron chi connectivity index (χ3n) is 2.94. The normalized spacial score (nSPS) is 10.5. The number of rotatable bonds is 8. The molecule has 0 unspecified atom stereocenters. The Morgan fingerprint density at radius 1 is 1.29 bits per heavy atom. The lowest BCUT2D eigenvalue weighted by atomic mass is 10.3. The minimum atomic E-state index is -0.0256. The van der Waals surface area contributed by atoms with Gasteiger partial charge in [-0.15, -0.1) is 5.10 Å². The Labute approximate surface area is 124 Å². The molecule has 0 radical (unpaired) electrons. The molecule has 1 heterocycles. The van der Waals surface area contributed by atoms with Gasteiger partial charge in [-0.05, 0) is 25.1 Å². The molecule has 1 aromatic carbocycles. The SMILES string of the molecule is CCCNCc1cn(CCC(=O)Nc2ccccc2)nn1. The molecule has 6 heteroatoms. The summed E-state index contributed by atoms with van der Waals surface area (Å²) in [5.74, 6) is -0.0256. The zero-order valence-electron chi connectivity index (χ0n) is 12.2. The lowest BCUT2D eigenvalue weighted by molar-refractivity contribution is -0.116. The Kier molecular flexibility index (Phi) is 5.90. The summed E-state index contributed by atoms with van der Waals surface area (Å²) in [4.78, 5) is 11.8. The fourth-order valence-corrected chi connectivity index (χ4v) is 1.88. The number of nitrogens with one attached hydrogen (secondary N) is 2. The molecule has 112 valence electrons. The van der Waals surface area contributed by atoms with E-state index in [-0.39, 0.29) is 5.91 Å². The molecule has 1 amide bonds. The average molecular weight is 287 g/mol. The van der Waals surface area contributed by atoms with Gasteiger partial charge >= 0.3 is 0 Å². The van der Waals surface area contributed by atoms with Crippen molar-refractivity contribution < 1.29 is 4.79 Å². The van der Waals surface area contributed by atoms with Crippen LogP contribution in [0.5, 0.6) is 0 Å². The fraction of sp³-hybridized carbons (Fsp3) is 0.400. The standard InChI is InChI=1S/C15H21N5O/c1-2-9-16-11-14-12-20(19-18-14)10-8-15(21)17-13-6-4-3-5-7-13/h3-7,12,16H,2,8-11H2,1H3,(H,17,21). The van der Waals surface area contributed by atoms with Crippen molar-refractivity contribution in [3.63, 3.8) is 0 Å². The number of amides is 1. The smallest absolute Gasteiger partial charge is 0.226 e. The molecule has 21 heavy (non-hydrogen) atoms. The number of hydrogen-bond acceptors (Lipinski definition) is 4. The van der Waals surface area contributed by atoms with Crippen LogP contribution in [0.15, 0.2) is 36.5 Å². The van der Waals surface area contributed by atoms with Gasteiger partial charge in [-0.3, -0.25) is 9.48 Å².